The van der Waals surface area contributed by atoms with Crippen molar-refractivity contribution in [2.45, 2.75) is 33.6 Å². The Kier molecular flexibility index (Phi) is 5.35. The highest BCUT2D eigenvalue weighted by Crippen LogP contribution is 2.18. The van der Waals surface area contributed by atoms with Crippen LogP contribution < -0.4 is 15.5 Å². The molecule has 0 radical (unpaired) electrons. The molecule has 0 unspecified atom stereocenters. The lowest BCUT2D eigenvalue weighted by atomic mass is 10.1. The van der Waals surface area contributed by atoms with Gasteiger partial charge in [0.25, 0.3) is 0 Å². The molecule has 9 nitrogen and oxygen atoms in total. The summed E-state index contributed by atoms with van der Waals surface area (Å²) in [6.07, 6.45) is 2.54. The van der Waals surface area contributed by atoms with Gasteiger partial charge in [0, 0.05) is 37.0 Å². The normalized spacial score (nSPS) is 14.1. The van der Waals surface area contributed by atoms with Crippen LogP contribution in [0.1, 0.15) is 29.1 Å². The van der Waals surface area contributed by atoms with Crippen LogP contribution in [0.15, 0.2) is 24.4 Å². The molecular formula is C21H25N7O2. The largest absolute Gasteiger partial charge is 0.353 e. The van der Waals surface area contributed by atoms with Gasteiger partial charge in [-0.05, 0) is 44.9 Å². The number of aromatic nitrogens is 4. The van der Waals surface area contributed by atoms with Crippen LogP contribution >= 0.6 is 0 Å². The number of carbonyl (C=O) groups is 2. The highest BCUT2D eigenvalue weighted by atomic mass is 16.2. The van der Waals surface area contributed by atoms with Crippen LogP contribution in [0.3, 0.4) is 0 Å². The Morgan fingerprint density at radius 3 is 2.83 bits per heavy atom. The molecule has 9 heteroatoms. The van der Waals surface area contributed by atoms with Gasteiger partial charge < -0.3 is 15.5 Å². The summed E-state index contributed by atoms with van der Waals surface area (Å²) in [6, 6.07) is 5.58. The number of nitrogens with one attached hydrogen (secondary N) is 2. The Hall–Kier alpha value is -3.49. The second-order valence-corrected chi connectivity index (χ2v) is 7.54. The van der Waals surface area contributed by atoms with Crippen molar-refractivity contribution >= 4 is 29.0 Å². The molecule has 3 aromatic heterocycles. The summed E-state index contributed by atoms with van der Waals surface area (Å²) in [5.41, 5.74) is 5.35. The fraction of sp³-hybridized carbons (Fsp3) is 0.381. The smallest absolute Gasteiger partial charge is 0.239 e. The topological polar surface area (TPSA) is 105 Å². The lowest BCUT2D eigenvalue weighted by molar-refractivity contribution is -0.120. The minimum Gasteiger partial charge on any atom is -0.353 e. The van der Waals surface area contributed by atoms with E-state index in [0.29, 0.717) is 31.6 Å². The number of pyridine rings is 1. The molecule has 30 heavy (non-hydrogen) atoms. The molecule has 2 amide bonds. The average molecular weight is 407 g/mol. The van der Waals surface area contributed by atoms with E-state index in [0.717, 1.165) is 40.7 Å². The molecule has 0 atom stereocenters. The van der Waals surface area contributed by atoms with Crippen LogP contribution in [-0.2, 0) is 16.0 Å². The van der Waals surface area contributed by atoms with Gasteiger partial charge in [-0.2, -0.15) is 5.10 Å². The van der Waals surface area contributed by atoms with Crippen molar-refractivity contribution in [3.8, 4) is 0 Å². The summed E-state index contributed by atoms with van der Waals surface area (Å²) in [6.45, 7) is 7.53. The van der Waals surface area contributed by atoms with E-state index in [4.69, 9.17) is 0 Å². The first kappa shape index (κ1) is 19.8. The predicted octanol–water partition coefficient (Wildman–Crippen LogP) is 1.56. The summed E-state index contributed by atoms with van der Waals surface area (Å²) in [4.78, 5) is 34.9. The van der Waals surface area contributed by atoms with E-state index in [9.17, 15) is 9.59 Å². The van der Waals surface area contributed by atoms with E-state index in [1.807, 2.05) is 48.4 Å². The summed E-state index contributed by atoms with van der Waals surface area (Å²) >= 11 is 0. The van der Waals surface area contributed by atoms with E-state index >= 15 is 0 Å². The molecule has 156 valence electrons. The van der Waals surface area contributed by atoms with E-state index in [1.165, 1.54) is 0 Å². The number of fused-ring (bicyclic) bond motifs is 1. The maximum Gasteiger partial charge on any atom is 0.239 e. The average Bonchev–Trinajstić information content (AvgIpc) is 3.08. The number of nitrogens with zero attached hydrogens (tertiary/aromatic N) is 5. The Balaban J connectivity index is 1.38. The zero-order valence-corrected chi connectivity index (χ0v) is 17.4. The first-order chi connectivity index (χ1) is 14.4. The second kappa shape index (κ2) is 8.10. The van der Waals surface area contributed by atoms with Crippen molar-refractivity contribution in [3.63, 3.8) is 0 Å². The van der Waals surface area contributed by atoms with Gasteiger partial charge in [0.05, 0.1) is 24.1 Å². The number of anilines is 2. The zero-order chi connectivity index (χ0) is 21.3. The van der Waals surface area contributed by atoms with Gasteiger partial charge in [-0.3, -0.25) is 9.59 Å². The minimum atomic E-state index is -0.0857. The highest BCUT2D eigenvalue weighted by molar-refractivity contribution is 5.90. The van der Waals surface area contributed by atoms with Crippen molar-refractivity contribution in [1.82, 2.24) is 24.9 Å². The van der Waals surface area contributed by atoms with Gasteiger partial charge >= 0.3 is 0 Å². The zero-order valence-electron chi connectivity index (χ0n) is 17.4. The first-order valence-corrected chi connectivity index (χ1v) is 10.0. The number of aryl methyl sites for hydroxylation is 3. The molecule has 1 aliphatic heterocycles. The number of hydrogen-bond acceptors (Lipinski definition) is 6. The summed E-state index contributed by atoms with van der Waals surface area (Å²) in [5.74, 6) is 0.629. The van der Waals surface area contributed by atoms with E-state index in [-0.39, 0.29) is 11.8 Å². The molecule has 4 heterocycles. The number of hydrogen-bond donors (Lipinski definition) is 2. The monoisotopic (exact) mass is 407 g/mol. The molecule has 1 fully saturated rings. The quantitative estimate of drug-likeness (QED) is 0.665. The molecular weight excluding hydrogens is 382 g/mol. The molecule has 1 saturated heterocycles. The number of rotatable bonds is 5. The van der Waals surface area contributed by atoms with Gasteiger partial charge in [0.2, 0.25) is 11.8 Å². The summed E-state index contributed by atoms with van der Waals surface area (Å²) in [5, 5.41) is 10.2. The molecule has 0 bridgehead atoms. The highest BCUT2D eigenvalue weighted by Gasteiger charge is 2.17. The van der Waals surface area contributed by atoms with Crippen LogP contribution in [0.2, 0.25) is 0 Å². The van der Waals surface area contributed by atoms with Crippen LogP contribution in [0.4, 0.5) is 11.5 Å². The van der Waals surface area contributed by atoms with Crippen LogP contribution in [0.25, 0.3) is 5.65 Å². The van der Waals surface area contributed by atoms with Gasteiger partial charge in [-0.25, -0.2) is 14.5 Å². The molecule has 0 aliphatic carbocycles. The lowest BCUT2D eigenvalue weighted by Crippen LogP contribution is -2.48. The van der Waals surface area contributed by atoms with E-state index in [1.54, 1.807) is 6.20 Å². The molecule has 4 rings (SSSR count). The lowest BCUT2D eigenvalue weighted by Gasteiger charge is -2.27. The maximum atomic E-state index is 12.5. The third-order valence-electron chi connectivity index (χ3n) is 5.28. The predicted molar refractivity (Wildman–Crippen MR) is 114 cm³/mol. The summed E-state index contributed by atoms with van der Waals surface area (Å²) in [7, 11) is 0. The van der Waals surface area contributed by atoms with Crippen LogP contribution in [-0.4, -0.2) is 51.0 Å². The Labute approximate surface area is 174 Å². The Morgan fingerprint density at radius 1 is 1.27 bits per heavy atom. The SMILES string of the molecule is Cc1cc2nc(C)c(CCC(=O)Nc3ccc(N4CCNC(=O)C4)nc3)c(C)n2n1. The second-order valence-electron chi connectivity index (χ2n) is 7.54. The molecule has 1 aliphatic rings. The van der Waals surface area contributed by atoms with Crippen LogP contribution in [0.5, 0.6) is 0 Å². The minimum absolute atomic E-state index is 0.0102. The van der Waals surface area contributed by atoms with Crippen molar-refractivity contribution in [2.24, 2.45) is 0 Å². The van der Waals surface area contributed by atoms with Gasteiger partial charge in [-0.15, -0.1) is 0 Å². The van der Waals surface area contributed by atoms with Gasteiger partial charge in [0.1, 0.15) is 5.82 Å². The van der Waals surface area contributed by atoms with Crippen LogP contribution in [0, 0.1) is 20.8 Å². The first-order valence-electron chi connectivity index (χ1n) is 10.0. The third kappa shape index (κ3) is 4.10. The third-order valence-corrected chi connectivity index (χ3v) is 5.28. The fourth-order valence-corrected chi connectivity index (χ4v) is 3.75. The Morgan fingerprint density at radius 2 is 2.10 bits per heavy atom. The van der Waals surface area contributed by atoms with Gasteiger partial charge in [0.15, 0.2) is 5.65 Å². The number of piperazine rings is 1. The van der Waals surface area contributed by atoms with Gasteiger partial charge in [-0.1, -0.05) is 0 Å². The van der Waals surface area contributed by atoms with Crippen molar-refractivity contribution in [3.05, 3.63) is 47.0 Å². The molecule has 0 spiro atoms. The molecule has 0 aromatic carbocycles. The molecule has 3 aromatic rings. The standard InChI is InChI=1S/C21H25N7O2/c1-13-10-19-24-14(2)17(15(3)28(19)26-13)5-7-20(29)25-16-4-6-18(23-11-16)27-9-8-22-21(30)12-27/h4,6,10-11H,5,7-9,12H2,1-3H3,(H,22,30)(H,25,29). The fourth-order valence-electron chi connectivity index (χ4n) is 3.75. The summed E-state index contributed by atoms with van der Waals surface area (Å²) < 4.78 is 1.83. The van der Waals surface area contributed by atoms with Crippen molar-refractivity contribution < 1.29 is 9.59 Å². The van der Waals surface area contributed by atoms with E-state index < -0.39 is 0 Å². The Bertz CT molecular complexity index is 1100. The number of carbonyl (C=O) groups excluding carboxylic acids is 2. The number of amides is 2. The van der Waals surface area contributed by atoms with Crippen molar-refractivity contribution in [2.75, 3.05) is 29.9 Å². The van der Waals surface area contributed by atoms with E-state index in [2.05, 4.69) is 25.7 Å². The van der Waals surface area contributed by atoms with Crippen molar-refractivity contribution in [1.29, 1.82) is 0 Å². The molecule has 0 saturated carbocycles. The maximum absolute atomic E-state index is 12.5. The molecule has 2 N–H and O–H groups in total.